The molecule has 152 valence electrons. The van der Waals surface area contributed by atoms with Crippen LogP contribution in [0.1, 0.15) is 5.56 Å². The molecule has 11 heteroatoms. The number of amides is 1. The molecule has 0 saturated carbocycles. The van der Waals surface area contributed by atoms with Crippen molar-refractivity contribution in [3.63, 3.8) is 0 Å². The Labute approximate surface area is 156 Å². The minimum atomic E-state index is -4.42. The number of nitrogens with one attached hydrogen (secondary N) is 1. The SMILES string of the molecule is COCC(=O)NCCS(=O)(=O)N1CCN(c2cccc(C(F)(F)F)c2)CC1. The number of nitrogens with zero attached hydrogens (tertiary/aromatic N) is 2. The van der Waals surface area contributed by atoms with Gasteiger partial charge < -0.3 is 15.0 Å². The predicted molar refractivity (Wildman–Crippen MR) is 93.9 cm³/mol. The fraction of sp³-hybridized carbons (Fsp3) is 0.562. The molecule has 27 heavy (non-hydrogen) atoms. The number of halogens is 3. The van der Waals surface area contributed by atoms with Gasteiger partial charge in [0.15, 0.2) is 0 Å². The van der Waals surface area contributed by atoms with Gasteiger partial charge in [-0.25, -0.2) is 8.42 Å². The molecule has 0 bridgehead atoms. The first kappa shape index (κ1) is 21.5. The summed E-state index contributed by atoms with van der Waals surface area (Å²) >= 11 is 0. The zero-order valence-corrected chi connectivity index (χ0v) is 15.6. The molecule has 1 N–H and O–H groups in total. The third-order valence-electron chi connectivity index (χ3n) is 4.13. The van der Waals surface area contributed by atoms with Crippen LogP contribution in [0.15, 0.2) is 24.3 Å². The Morgan fingerprint density at radius 3 is 2.48 bits per heavy atom. The molecule has 1 saturated heterocycles. The lowest BCUT2D eigenvalue weighted by Gasteiger charge is -2.35. The first-order chi connectivity index (χ1) is 12.6. The van der Waals surface area contributed by atoms with Crippen LogP contribution in [-0.2, 0) is 25.7 Å². The summed E-state index contributed by atoms with van der Waals surface area (Å²) < 4.78 is 69.1. The highest BCUT2D eigenvalue weighted by Gasteiger charge is 2.32. The van der Waals surface area contributed by atoms with Crippen molar-refractivity contribution >= 4 is 21.6 Å². The van der Waals surface area contributed by atoms with Gasteiger partial charge in [0.05, 0.1) is 11.3 Å². The lowest BCUT2D eigenvalue weighted by atomic mass is 10.1. The molecular formula is C16H22F3N3O4S. The lowest BCUT2D eigenvalue weighted by Crippen LogP contribution is -2.50. The van der Waals surface area contributed by atoms with E-state index >= 15 is 0 Å². The molecule has 1 aliphatic heterocycles. The van der Waals surface area contributed by atoms with Crippen LogP contribution < -0.4 is 10.2 Å². The third-order valence-corrected chi connectivity index (χ3v) is 6.00. The second-order valence-corrected chi connectivity index (χ2v) is 8.12. The van der Waals surface area contributed by atoms with Gasteiger partial charge in [0, 0.05) is 45.5 Å². The summed E-state index contributed by atoms with van der Waals surface area (Å²) in [6.07, 6.45) is -4.42. The molecule has 0 spiro atoms. The zero-order valence-electron chi connectivity index (χ0n) is 14.8. The van der Waals surface area contributed by atoms with Crippen molar-refractivity contribution < 1.29 is 31.1 Å². The number of carbonyl (C=O) groups excluding carboxylic acids is 1. The molecule has 7 nitrogen and oxygen atoms in total. The van der Waals surface area contributed by atoms with E-state index in [-0.39, 0.29) is 45.1 Å². The van der Waals surface area contributed by atoms with Crippen LogP contribution in [0, 0.1) is 0 Å². The van der Waals surface area contributed by atoms with Gasteiger partial charge in [0.25, 0.3) is 0 Å². The number of alkyl halides is 3. The predicted octanol–water partition coefficient (Wildman–Crippen LogP) is 0.920. The molecule has 1 aliphatic rings. The van der Waals surface area contributed by atoms with Gasteiger partial charge in [-0.05, 0) is 18.2 Å². The maximum absolute atomic E-state index is 12.8. The van der Waals surface area contributed by atoms with E-state index in [0.717, 1.165) is 12.1 Å². The number of hydrogen-bond donors (Lipinski definition) is 1. The van der Waals surface area contributed by atoms with Crippen LogP contribution >= 0.6 is 0 Å². The fourth-order valence-electron chi connectivity index (χ4n) is 2.73. The summed E-state index contributed by atoms with van der Waals surface area (Å²) in [5.41, 5.74) is -0.324. The summed E-state index contributed by atoms with van der Waals surface area (Å²) in [5, 5.41) is 2.45. The summed E-state index contributed by atoms with van der Waals surface area (Å²) in [4.78, 5) is 13.0. The Bertz CT molecular complexity index is 748. The highest BCUT2D eigenvalue weighted by molar-refractivity contribution is 7.89. The molecule has 1 aromatic rings. The first-order valence-corrected chi connectivity index (χ1v) is 9.90. The van der Waals surface area contributed by atoms with Crippen molar-refractivity contribution in [2.45, 2.75) is 6.18 Å². The highest BCUT2D eigenvalue weighted by atomic mass is 32.2. The molecule has 0 unspecified atom stereocenters. The van der Waals surface area contributed by atoms with Gasteiger partial charge in [0.2, 0.25) is 15.9 Å². The van der Waals surface area contributed by atoms with E-state index < -0.39 is 27.7 Å². The maximum atomic E-state index is 12.8. The van der Waals surface area contributed by atoms with Gasteiger partial charge in [0.1, 0.15) is 6.61 Å². The number of methoxy groups -OCH3 is 1. The summed E-state index contributed by atoms with van der Waals surface area (Å²) in [6.45, 7) is 0.746. The molecule has 0 atom stereocenters. The molecule has 0 aliphatic carbocycles. The van der Waals surface area contributed by atoms with Crippen LogP contribution in [0.25, 0.3) is 0 Å². The number of carbonyl (C=O) groups is 1. The van der Waals surface area contributed by atoms with E-state index in [9.17, 15) is 26.4 Å². The number of piperazine rings is 1. The topological polar surface area (TPSA) is 78.9 Å². The second-order valence-electron chi connectivity index (χ2n) is 6.03. The van der Waals surface area contributed by atoms with Crippen LogP contribution in [0.3, 0.4) is 0 Å². The van der Waals surface area contributed by atoms with E-state index in [1.54, 1.807) is 11.0 Å². The number of rotatable bonds is 7. The third kappa shape index (κ3) is 6.08. The minimum Gasteiger partial charge on any atom is -0.375 e. The fourth-order valence-corrected chi connectivity index (χ4v) is 4.07. The standard InChI is InChI=1S/C16H22F3N3O4S/c1-26-12-15(23)20-5-10-27(24,25)22-8-6-21(7-9-22)14-4-2-3-13(11-14)16(17,18)19/h2-4,11H,5-10,12H2,1H3,(H,20,23). The molecule has 0 radical (unpaired) electrons. The number of benzene rings is 1. The van der Waals surface area contributed by atoms with Gasteiger partial charge in [-0.1, -0.05) is 6.07 Å². The first-order valence-electron chi connectivity index (χ1n) is 8.29. The molecule has 1 aromatic carbocycles. The van der Waals surface area contributed by atoms with Crippen LogP contribution in [-0.4, -0.2) is 70.8 Å². The van der Waals surface area contributed by atoms with Crippen LogP contribution in [0.5, 0.6) is 0 Å². The number of sulfonamides is 1. The maximum Gasteiger partial charge on any atom is 0.416 e. The monoisotopic (exact) mass is 409 g/mol. The molecule has 0 aromatic heterocycles. The lowest BCUT2D eigenvalue weighted by molar-refractivity contribution is -0.137. The van der Waals surface area contributed by atoms with Gasteiger partial charge in [-0.2, -0.15) is 17.5 Å². The molecule has 1 heterocycles. The largest absolute Gasteiger partial charge is 0.416 e. The summed E-state index contributed by atoms with van der Waals surface area (Å²) in [7, 11) is -2.20. The van der Waals surface area contributed by atoms with E-state index in [4.69, 9.17) is 0 Å². The number of hydrogen-bond acceptors (Lipinski definition) is 5. The Balaban J connectivity index is 1.90. The number of anilines is 1. The Morgan fingerprint density at radius 1 is 1.22 bits per heavy atom. The smallest absolute Gasteiger partial charge is 0.375 e. The zero-order chi connectivity index (χ0) is 20.1. The average molecular weight is 409 g/mol. The molecule has 2 rings (SSSR count). The van der Waals surface area contributed by atoms with Crippen molar-refractivity contribution in [3.8, 4) is 0 Å². The highest BCUT2D eigenvalue weighted by Crippen LogP contribution is 2.31. The molecular weight excluding hydrogens is 387 g/mol. The Hall–Kier alpha value is -1.85. The van der Waals surface area contributed by atoms with Crippen molar-refractivity contribution in [1.82, 2.24) is 9.62 Å². The van der Waals surface area contributed by atoms with Crippen molar-refractivity contribution in [3.05, 3.63) is 29.8 Å². The summed E-state index contributed by atoms with van der Waals surface area (Å²) in [5.74, 6) is -0.645. The Kier molecular flexibility index (Phi) is 7.06. The van der Waals surface area contributed by atoms with Crippen molar-refractivity contribution in [2.75, 3.05) is 57.1 Å². The minimum absolute atomic E-state index is 0.0294. The number of ether oxygens (including phenoxy) is 1. The van der Waals surface area contributed by atoms with E-state index in [1.807, 2.05) is 0 Å². The van der Waals surface area contributed by atoms with Crippen molar-refractivity contribution in [2.24, 2.45) is 0 Å². The summed E-state index contributed by atoms with van der Waals surface area (Å²) in [6, 6.07) is 4.98. The molecule has 1 fully saturated rings. The van der Waals surface area contributed by atoms with E-state index in [2.05, 4.69) is 10.1 Å². The Morgan fingerprint density at radius 2 is 1.89 bits per heavy atom. The normalized spacial score (nSPS) is 16.4. The van der Waals surface area contributed by atoms with Gasteiger partial charge >= 0.3 is 6.18 Å². The molecule has 1 amide bonds. The van der Waals surface area contributed by atoms with E-state index in [1.165, 1.54) is 17.5 Å². The van der Waals surface area contributed by atoms with Crippen LogP contribution in [0.2, 0.25) is 0 Å². The van der Waals surface area contributed by atoms with Crippen molar-refractivity contribution in [1.29, 1.82) is 0 Å². The van der Waals surface area contributed by atoms with Gasteiger partial charge in [-0.3, -0.25) is 4.79 Å². The van der Waals surface area contributed by atoms with E-state index in [0.29, 0.717) is 5.69 Å². The van der Waals surface area contributed by atoms with Crippen LogP contribution in [0.4, 0.5) is 18.9 Å². The second kappa shape index (κ2) is 8.89. The quantitative estimate of drug-likeness (QED) is 0.725. The van der Waals surface area contributed by atoms with Gasteiger partial charge in [-0.15, -0.1) is 0 Å². The average Bonchev–Trinajstić information content (AvgIpc) is 2.61.